The Hall–Kier alpha value is -1.91. The van der Waals surface area contributed by atoms with E-state index in [4.69, 9.17) is 5.11 Å². The largest absolute Gasteiger partial charge is 0.481 e. The molecule has 0 aliphatic heterocycles. The first-order valence-corrected chi connectivity index (χ1v) is 6.31. The monoisotopic (exact) mass is 265 g/mol. The average molecular weight is 265 g/mol. The molecule has 2 rings (SSSR count). The molecule has 1 aliphatic carbocycles. The Bertz CT molecular complexity index is 497. The van der Waals surface area contributed by atoms with Crippen LogP contribution in [0.5, 0.6) is 0 Å². The first kappa shape index (κ1) is 13.5. The molecule has 5 heteroatoms. The van der Waals surface area contributed by atoms with Crippen LogP contribution in [0, 0.1) is 5.82 Å². The third-order valence-corrected chi connectivity index (χ3v) is 3.43. The van der Waals surface area contributed by atoms with Crippen molar-refractivity contribution in [2.45, 2.75) is 31.1 Å². The average Bonchev–Trinajstić information content (AvgIpc) is 3.16. The lowest BCUT2D eigenvalue weighted by Crippen LogP contribution is -2.36. The van der Waals surface area contributed by atoms with Gasteiger partial charge in [0.1, 0.15) is 5.82 Å². The number of carboxylic acid groups (broad SMARTS) is 1. The van der Waals surface area contributed by atoms with E-state index in [2.05, 4.69) is 5.32 Å². The number of aliphatic carboxylic acids is 1. The van der Waals surface area contributed by atoms with Crippen LogP contribution in [0.25, 0.3) is 0 Å². The van der Waals surface area contributed by atoms with Crippen molar-refractivity contribution >= 4 is 11.9 Å². The smallest absolute Gasteiger partial charge is 0.303 e. The molecule has 1 saturated carbocycles. The van der Waals surface area contributed by atoms with Gasteiger partial charge >= 0.3 is 5.97 Å². The summed E-state index contributed by atoms with van der Waals surface area (Å²) in [4.78, 5) is 22.5. The van der Waals surface area contributed by atoms with E-state index in [1.807, 2.05) is 0 Å². The minimum Gasteiger partial charge on any atom is -0.481 e. The molecule has 0 heterocycles. The summed E-state index contributed by atoms with van der Waals surface area (Å²) >= 11 is 0. The zero-order chi connectivity index (χ0) is 13.9. The maximum Gasteiger partial charge on any atom is 0.303 e. The van der Waals surface area contributed by atoms with Crippen molar-refractivity contribution in [1.82, 2.24) is 5.32 Å². The van der Waals surface area contributed by atoms with Gasteiger partial charge in [-0.2, -0.15) is 0 Å². The summed E-state index contributed by atoms with van der Waals surface area (Å²) in [7, 11) is 0. The minimum atomic E-state index is -0.885. The van der Waals surface area contributed by atoms with Gasteiger partial charge in [-0.3, -0.25) is 9.59 Å². The van der Waals surface area contributed by atoms with Crippen LogP contribution in [0.15, 0.2) is 24.3 Å². The van der Waals surface area contributed by atoms with Gasteiger partial charge in [0, 0.05) is 18.5 Å². The topological polar surface area (TPSA) is 66.4 Å². The number of carbonyl (C=O) groups excluding carboxylic acids is 1. The van der Waals surface area contributed by atoms with Gasteiger partial charge in [0.15, 0.2) is 0 Å². The molecule has 0 aromatic heterocycles. The van der Waals surface area contributed by atoms with Gasteiger partial charge in [0.2, 0.25) is 5.91 Å². The van der Waals surface area contributed by atoms with Crippen LogP contribution in [0.4, 0.5) is 4.39 Å². The van der Waals surface area contributed by atoms with Crippen LogP contribution in [-0.2, 0) is 15.0 Å². The summed E-state index contributed by atoms with van der Waals surface area (Å²) in [6.07, 6.45) is 1.68. The molecule has 2 N–H and O–H groups in total. The summed E-state index contributed by atoms with van der Waals surface area (Å²) in [6.45, 7) is 0.307. The number of rotatable bonds is 6. The first-order chi connectivity index (χ1) is 9.06. The van der Waals surface area contributed by atoms with Gasteiger partial charge in [-0.15, -0.1) is 0 Å². The summed E-state index contributed by atoms with van der Waals surface area (Å²) in [6, 6.07) is 6.31. The molecule has 0 saturated heterocycles. The highest BCUT2D eigenvalue weighted by Crippen LogP contribution is 2.49. The number of benzene rings is 1. The van der Waals surface area contributed by atoms with E-state index in [0.717, 1.165) is 0 Å². The molecule has 1 aromatic carbocycles. The maximum atomic E-state index is 13.7. The summed E-state index contributed by atoms with van der Waals surface area (Å²) in [5.41, 5.74) is -0.306. The molecular weight excluding hydrogens is 249 g/mol. The third kappa shape index (κ3) is 2.92. The predicted molar refractivity (Wildman–Crippen MR) is 67.2 cm³/mol. The van der Waals surface area contributed by atoms with E-state index < -0.39 is 11.4 Å². The second kappa shape index (κ2) is 5.38. The maximum absolute atomic E-state index is 13.7. The van der Waals surface area contributed by atoms with Gasteiger partial charge in [0.05, 0.1) is 5.41 Å². The van der Waals surface area contributed by atoms with Crippen LogP contribution >= 0.6 is 0 Å². The molecule has 1 aliphatic rings. The number of halogens is 1. The summed E-state index contributed by atoms with van der Waals surface area (Å²) in [5.74, 6) is -1.45. The molecule has 4 nitrogen and oxygen atoms in total. The van der Waals surface area contributed by atoms with E-state index >= 15 is 0 Å². The molecule has 0 unspecified atom stereocenters. The van der Waals surface area contributed by atoms with Crippen molar-refractivity contribution < 1.29 is 19.1 Å². The number of nitrogens with one attached hydrogen (secondary N) is 1. The van der Waals surface area contributed by atoms with Gasteiger partial charge in [-0.25, -0.2) is 4.39 Å². The van der Waals surface area contributed by atoms with E-state index in [9.17, 15) is 14.0 Å². The molecule has 0 atom stereocenters. The van der Waals surface area contributed by atoms with Gasteiger partial charge in [-0.05, 0) is 25.3 Å². The quantitative estimate of drug-likeness (QED) is 0.771. The number of hydrogen-bond acceptors (Lipinski definition) is 2. The van der Waals surface area contributed by atoms with Crippen LogP contribution in [0.3, 0.4) is 0 Å². The Balaban J connectivity index is 1.95. The molecule has 1 amide bonds. The lowest BCUT2D eigenvalue weighted by Gasteiger charge is -2.16. The predicted octanol–water partition coefficient (Wildman–Crippen LogP) is 1.84. The van der Waals surface area contributed by atoms with Crippen molar-refractivity contribution in [2.24, 2.45) is 0 Å². The number of hydrogen-bond donors (Lipinski definition) is 2. The number of carbonyl (C=O) groups is 2. The molecule has 1 aromatic rings. The van der Waals surface area contributed by atoms with Gasteiger partial charge in [0.25, 0.3) is 0 Å². The van der Waals surface area contributed by atoms with E-state index in [1.54, 1.807) is 18.2 Å². The van der Waals surface area contributed by atoms with Crippen LogP contribution in [0.2, 0.25) is 0 Å². The highest BCUT2D eigenvalue weighted by atomic mass is 19.1. The first-order valence-electron chi connectivity index (χ1n) is 6.31. The fourth-order valence-corrected chi connectivity index (χ4v) is 2.20. The highest BCUT2D eigenvalue weighted by molar-refractivity contribution is 5.91. The second-order valence-electron chi connectivity index (χ2n) is 4.82. The van der Waals surface area contributed by atoms with Crippen LogP contribution < -0.4 is 5.32 Å². The van der Waals surface area contributed by atoms with E-state index in [0.29, 0.717) is 31.4 Å². The Morgan fingerprint density at radius 2 is 2.00 bits per heavy atom. The SMILES string of the molecule is O=C(O)CCCNC(=O)C1(c2ccccc2F)CC1. The number of amides is 1. The molecule has 1 fully saturated rings. The normalized spacial score (nSPS) is 15.8. The van der Waals surface area contributed by atoms with Crippen molar-refractivity contribution in [3.63, 3.8) is 0 Å². The standard InChI is InChI=1S/C14H16FNO3/c15-11-5-2-1-4-10(11)14(7-8-14)13(19)16-9-3-6-12(17)18/h1-2,4-5H,3,6-9H2,(H,16,19)(H,17,18). The molecular formula is C14H16FNO3. The summed E-state index contributed by atoms with van der Waals surface area (Å²) in [5, 5.41) is 11.2. The highest BCUT2D eigenvalue weighted by Gasteiger charge is 2.52. The zero-order valence-electron chi connectivity index (χ0n) is 10.5. The Morgan fingerprint density at radius 1 is 1.32 bits per heavy atom. The lowest BCUT2D eigenvalue weighted by atomic mass is 9.94. The second-order valence-corrected chi connectivity index (χ2v) is 4.82. The van der Waals surface area contributed by atoms with Crippen molar-refractivity contribution in [2.75, 3.05) is 6.54 Å². The zero-order valence-corrected chi connectivity index (χ0v) is 10.5. The molecule has 19 heavy (non-hydrogen) atoms. The fourth-order valence-electron chi connectivity index (χ4n) is 2.20. The van der Waals surface area contributed by atoms with Gasteiger partial charge < -0.3 is 10.4 Å². The van der Waals surface area contributed by atoms with Crippen LogP contribution in [0.1, 0.15) is 31.2 Å². The lowest BCUT2D eigenvalue weighted by molar-refractivity contribution is -0.137. The molecule has 0 spiro atoms. The fraction of sp³-hybridized carbons (Fsp3) is 0.429. The molecule has 0 radical (unpaired) electrons. The summed E-state index contributed by atoms with van der Waals surface area (Å²) < 4.78 is 13.7. The van der Waals surface area contributed by atoms with E-state index in [1.165, 1.54) is 6.07 Å². The van der Waals surface area contributed by atoms with Crippen molar-refractivity contribution in [3.8, 4) is 0 Å². The minimum absolute atomic E-state index is 0.0208. The molecule has 0 bridgehead atoms. The third-order valence-electron chi connectivity index (χ3n) is 3.43. The van der Waals surface area contributed by atoms with Crippen molar-refractivity contribution in [1.29, 1.82) is 0 Å². The van der Waals surface area contributed by atoms with E-state index in [-0.39, 0.29) is 18.1 Å². The van der Waals surface area contributed by atoms with Gasteiger partial charge in [-0.1, -0.05) is 18.2 Å². The Morgan fingerprint density at radius 3 is 2.58 bits per heavy atom. The Kier molecular flexibility index (Phi) is 3.83. The van der Waals surface area contributed by atoms with Crippen LogP contribution in [-0.4, -0.2) is 23.5 Å². The molecule has 102 valence electrons. The van der Waals surface area contributed by atoms with Crippen molar-refractivity contribution in [3.05, 3.63) is 35.6 Å². The Labute approximate surface area is 110 Å². The number of carboxylic acids is 1.